The smallest absolute Gasteiger partial charge is 0.322 e. The van der Waals surface area contributed by atoms with Gasteiger partial charge in [0.05, 0.1) is 15.7 Å². The van der Waals surface area contributed by atoms with E-state index < -0.39 is 0 Å². The number of benzene rings is 3. The quantitative estimate of drug-likeness (QED) is 0.177. The number of carbonyl (C=O) groups is 2. The van der Waals surface area contributed by atoms with Gasteiger partial charge in [0.15, 0.2) is 0 Å². The number of piperazine rings is 1. The highest BCUT2D eigenvalue weighted by Gasteiger charge is 2.23. The van der Waals surface area contributed by atoms with Crippen LogP contribution in [-0.4, -0.2) is 75.1 Å². The Kier molecular flexibility index (Phi) is 12.7. The lowest BCUT2D eigenvalue weighted by Gasteiger charge is -2.36. The van der Waals surface area contributed by atoms with Crippen molar-refractivity contribution in [3.05, 3.63) is 87.9 Å². The predicted octanol–water partition coefficient (Wildman–Crippen LogP) is 6.91. The number of nitrogens with zero attached hydrogens (tertiary/aromatic N) is 3. The van der Waals surface area contributed by atoms with Crippen LogP contribution < -0.4 is 20.9 Å². The van der Waals surface area contributed by atoms with Gasteiger partial charge in [-0.1, -0.05) is 53.5 Å². The zero-order valence-electron chi connectivity index (χ0n) is 25.9. The second kappa shape index (κ2) is 16.7. The third-order valence-corrected chi connectivity index (χ3v) is 8.42. The summed E-state index contributed by atoms with van der Waals surface area (Å²) < 4.78 is 0. The molecule has 3 N–H and O–H groups in total. The van der Waals surface area contributed by atoms with Gasteiger partial charge in [-0.15, -0.1) is 0 Å². The summed E-state index contributed by atoms with van der Waals surface area (Å²) in [7, 11) is 4.13. The number of amides is 3. The molecular formula is C34H44Cl2N6O2. The maximum Gasteiger partial charge on any atom is 0.322 e. The standard InChI is InChI=1S/C34H44Cl2N6O2/c1-25(37-17-8-18-40(2)3)27-23-30(35)33(31(36)24-27)39-34(44)42-21-19-41(20-22-42)29-15-13-28(14-16-29)38-32(43)12-7-11-26-9-5-4-6-10-26/h4-6,9-10,13-16,23-25,37H,7-8,11-12,17-22H2,1-3H3,(H,38,43)(H,39,44). The molecule has 1 heterocycles. The molecule has 1 unspecified atom stereocenters. The highest BCUT2D eigenvalue weighted by Crippen LogP contribution is 2.34. The molecule has 0 aromatic heterocycles. The van der Waals surface area contributed by atoms with Crippen molar-refractivity contribution in [3.63, 3.8) is 0 Å². The summed E-state index contributed by atoms with van der Waals surface area (Å²) in [6.07, 6.45) is 3.22. The highest BCUT2D eigenvalue weighted by molar-refractivity contribution is 6.39. The van der Waals surface area contributed by atoms with E-state index in [1.54, 1.807) is 4.90 Å². The van der Waals surface area contributed by atoms with Gasteiger partial charge in [-0.05, 0) is 101 Å². The van der Waals surface area contributed by atoms with Crippen LogP contribution in [0.1, 0.15) is 43.4 Å². The number of rotatable bonds is 13. The van der Waals surface area contributed by atoms with Crippen LogP contribution in [0.15, 0.2) is 66.7 Å². The zero-order chi connectivity index (χ0) is 31.5. The average Bonchev–Trinajstić information content (AvgIpc) is 3.01. The lowest BCUT2D eigenvalue weighted by Crippen LogP contribution is -2.50. The van der Waals surface area contributed by atoms with E-state index >= 15 is 0 Å². The van der Waals surface area contributed by atoms with Crippen LogP contribution >= 0.6 is 23.2 Å². The van der Waals surface area contributed by atoms with Crippen molar-refractivity contribution in [2.75, 3.05) is 68.9 Å². The van der Waals surface area contributed by atoms with Crippen LogP contribution in [0.4, 0.5) is 21.9 Å². The first-order chi connectivity index (χ1) is 21.2. The largest absolute Gasteiger partial charge is 0.368 e. The van der Waals surface area contributed by atoms with Crippen molar-refractivity contribution in [2.24, 2.45) is 0 Å². The minimum Gasteiger partial charge on any atom is -0.368 e. The van der Waals surface area contributed by atoms with E-state index in [4.69, 9.17) is 23.2 Å². The molecular weight excluding hydrogens is 595 g/mol. The van der Waals surface area contributed by atoms with E-state index in [9.17, 15) is 9.59 Å². The molecule has 0 saturated carbocycles. The number of aryl methyl sites for hydroxylation is 1. The Balaban J connectivity index is 1.21. The molecule has 1 saturated heterocycles. The van der Waals surface area contributed by atoms with Gasteiger partial charge in [-0.3, -0.25) is 4.79 Å². The summed E-state index contributed by atoms with van der Waals surface area (Å²) in [5.41, 5.74) is 4.49. The SMILES string of the molecule is CC(NCCCN(C)C)c1cc(Cl)c(NC(=O)N2CCN(c3ccc(NC(=O)CCCc4ccccc4)cc3)CC2)c(Cl)c1. The second-order valence-electron chi connectivity index (χ2n) is 11.5. The third-order valence-electron chi connectivity index (χ3n) is 7.82. The Labute approximate surface area is 271 Å². The molecule has 1 atom stereocenters. The van der Waals surface area contributed by atoms with Gasteiger partial charge < -0.3 is 30.7 Å². The molecule has 1 aliphatic heterocycles. The average molecular weight is 640 g/mol. The van der Waals surface area contributed by atoms with Crippen LogP contribution in [0, 0.1) is 0 Å². The molecule has 236 valence electrons. The van der Waals surface area contributed by atoms with E-state index in [1.807, 2.05) is 54.6 Å². The van der Waals surface area contributed by atoms with Gasteiger partial charge in [0.1, 0.15) is 0 Å². The molecule has 3 aromatic rings. The maximum atomic E-state index is 13.1. The van der Waals surface area contributed by atoms with E-state index in [-0.39, 0.29) is 18.0 Å². The van der Waals surface area contributed by atoms with Gasteiger partial charge in [-0.2, -0.15) is 0 Å². The van der Waals surface area contributed by atoms with Gasteiger partial charge in [0, 0.05) is 50.0 Å². The lowest BCUT2D eigenvalue weighted by atomic mass is 10.1. The molecule has 3 aromatic carbocycles. The zero-order valence-corrected chi connectivity index (χ0v) is 27.4. The Bertz CT molecular complexity index is 1340. The van der Waals surface area contributed by atoms with Gasteiger partial charge in [0.2, 0.25) is 5.91 Å². The molecule has 0 aliphatic carbocycles. The number of urea groups is 1. The molecule has 0 radical (unpaired) electrons. The van der Waals surface area contributed by atoms with Gasteiger partial charge >= 0.3 is 6.03 Å². The molecule has 10 heteroatoms. The minimum atomic E-state index is -0.221. The number of nitrogens with one attached hydrogen (secondary N) is 3. The number of halogens is 2. The summed E-state index contributed by atoms with van der Waals surface area (Å²) in [5, 5.41) is 10.3. The van der Waals surface area contributed by atoms with Crippen LogP contribution in [0.3, 0.4) is 0 Å². The predicted molar refractivity (Wildman–Crippen MR) is 183 cm³/mol. The Morgan fingerprint density at radius 1 is 0.886 bits per heavy atom. The van der Waals surface area contributed by atoms with Gasteiger partial charge in [-0.25, -0.2) is 4.79 Å². The van der Waals surface area contributed by atoms with Crippen molar-refractivity contribution >= 4 is 52.2 Å². The summed E-state index contributed by atoms with van der Waals surface area (Å²) in [6, 6.07) is 21.7. The molecule has 1 aliphatic rings. The Morgan fingerprint density at radius 2 is 1.55 bits per heavy atom. The number of hydrogen-bond donors (Lipinski definition) is 3. The van der Waals surface area contributed by atoms with Crippen molar-refractivity contribution in [3.8, 4) is 0 Å². The molecule has 1 fully saturated rings. The van der Waals surface area contributed by atoms with Crippen molar-refractivity contribution in [1.82, 2.24) is 15.1 Å². The Morgan fingerprint density at radius 3 is 2.18 bits per heavy atom. The fraction of sp³-hybridized carbons (Fsp3) is 0.412. The summed E-state index contributed by atoms with van der Waals surface area (Å²) in [4.78, 5) is 31.6. The van der Waals surface area contributed by atoms with E-state index in [0.717, 1.165) is 49.3 Å². The summed E-state index contributed by atoms with van der Waals surface area (Å²) in [5.74, 6) is 0.0185. The van der Waals surface area contributed by atoms with Crippen molar-refractivity contribution in [2.45, 2.75) is 38.6 Å². The first-order valence-electron chi connectivity index (χ1n) is 15.3. The van der Waals surface area contributed by atoms with E-state index in [0.29, 0.717) is 48.3 Å². The van der Waals surface area contributed by atoms with E-state index in [1.165, 1.54) is 5.56 Å². The monoisotopic (exact) mass is 638 g/mol. The molecule has 3 amide bonds. The fourth-order valence-electron chi connectivity index (χ4n) is 5.22. The first-order valence-corrected chi connectivity index (χ1v) is 16.1. The van der Waals surface area contributed by atoms with Crippen LogP contribution in [0.2, 0.25) is 10.0 Å². The molecule has 4 rings (SSSR count). The number of anilines is 3. The van der Waals surface area contributed by atoms with Gasteiger partial charge in [0.25, 0.3) is 0 Å². The normalized spacial score (nSPS) is 14.0. The fourth-order valence-corrected chi connectivity index (χ4v) is 5.82. The van der Waals surface area contributed by atoms with Crippen molar-refractivity contribution < 1.29 is 9.59 Å². The number of hydrogen-bond acceptors (Lipinski definition) is 5. The van der Waals surface area contributed by atoms with Crippen LogP contribution in [0.5, 0.6) is 0 Å². The molecule has 0 spiro atoms. The van der Waals surface area contributed by atoms with E-state index in [2.05, 4.69) is 58.9 Å². The first kappa shape index (κ1) is 33.6. The Hall–Kier alpha value is -3.30. The highest BCUT2D eigenvalue weighted by atomic mass is 35.5. The van der Waals surface area contributed by atoms with Crippen molar-refractivity contribution in [1.29, 1.82) is 0 Å². The lowest BCUT2D eigenvalue weighted by molar-refractivity contribution is -0.116. The summed E-state index contributed by atoms with van der Waals surface area (Å²) in [6.45, 7) is 6.48. The molecule has 8 nitrogen and oxygen atoms in total. The molecule has 44 heavy (non-hydrogen) atoms. The number of carbonyl (C=O) groups excluding carboxylic acids is 2. The third kappa shape index (κ3) is 10.1. The topological polar surface area (TPSA) is 80.0 Å². The van der Waals surface area contributed by atoms with Crippen LogP contribution in [0.25, 0.3) is 0 Å². The minimum absolute atomic E-state index is 0.0185. The summed E-state index contributed by atoms with van der Waals surface area (Å²) >= 11 is 13.2. The maximum absolute atomic E-state index is 13.1. The second-order valence-corrected chi connectivity index (χ2v) is 12.3. The molecule has 0 bridgehead atoms. The van der Waals surface area contributed by atoms with Crippen LogP contribution in [-0.2, 0) is 11.2 Å².